The number of aliphatic hydroxyl groups excluding tert-OH is 1. The molecule has 0 saturated carbocycles. The van der Waals surface area contributed by atoms with Crippen LogP contribution in [-0.2, 0) is 35.2 Å². The summed E-state index contributed by atoms with van der Waals surface area (Å²) in [6.45, 7) is 6.06. The van der Waals surface area contributed by atoms with Gasteiger partial charge in [0.1, 0.15) is 23.7 Å². The Bertz CT molecular complexity index is 1560. The molecular formula is C38H45N3O7. The number of hydrogen-bond acceptors (Lipinski definition) is 7. The lowest BCUT2D eigenvalue weighted by atomic mass is 9.77. The molecule has 4 aliphatic rings. The summed E-state index contributed by atoms with van der Waals surface area (Å²) in [5, 5.41) is 13.6. The maximum absolute atomic E-state index is 14.8. The van der Waals surface area contributed by atoms with Gasteiger partial charge in [0.25, 0.3) is 0 Å². The Kier molecular flexibility index (Phi) is 9.85. The minimum atomic E-state index is -1.48. The number of allylic oxidation sites excluding steroid dienone is 1. The Balaban J connectivity index is 1.44. The minimum absolute atomic E-state index is 0.120. The molecule has 2 N–H and O–H groups in total. The number of fused-ring (bicyclic) bond motifs is 2. The summed E-state index contributed by atoms with van der Waals surface area (Å²) in [5.41, 5.74) is 0.157. The molecule has 6 rings (SSSR count). The SMILES string of the molecule is CC(C)C[C@H](CO)N1C(=O)[C@@H]2[C@H]3C(=O)O[C@H](c4ccccc4)[C@@H](C)NC(=O)CC/C=C\[C@H]3O[C@@]23C=CCN(Cc2ccccc2)C(=O)[C@@H]13. The summed E-state index contributed by atoms with van der Waals surface area (Å²) in [6, 6.07) is 16.5. The first-order valence-electron chi connectivity index (χ1n) is 17.0. The molecule has 0 unspecified atom stereocenters. The van der Waals surface area contributed by atoms with Gasteiger partial charge in [-0.1, -0.05) is 98.8 Å². The van der Waals surface area contributed by atoms with Crippen molar-refractivity contribution in [2.24, 2.45) is 17.8 Å². The van der Waals surface area contributed by atoms with Crippen LogP contribution in [0.4, 0.5) is 0 Å². The number of benzene rings is 2. The lowest BCUT2D eigenvalue weighted by molar-refractivity contribution is -0.162. The van der Waals surface area contributed by atoms with Crippen LogP contribution in [0.15, 0.2) is 85.0 Å². The second-order valence-corrected chi connectivity index (χ2v) is 13.8. The molecule has 2 aromatic carbocycles. The highest BCUT2D eigenvalue weighted by atomic mass is 16.6. The summed E-state index contributed by atoms with van der Waals surface area (Å²) in [6.07, 6.45) is 6.53. The van der Waals surface area contributed by atoms with Crippen molar-refractivity contribution in [3.63, 3.8) is 0 Å². The van der Waals surface area contributed by atoms with Crippen LogP contribution in [0.3, 0.4) is 0 Å². The lowest BCUT2D eigenvalue weighted by Gasteiger charge is -2.39. The van der Waals surface area contributed by atoms with E-state index in [1.165, 1.54) is 4.90 Å². The molecule has 0 aliphatic carbocycles. The highest BCUT2D eigenvalue weighted by molar-refractivity contribution is 5.99. The predicted octanol–water partition coefficient (Wildman–Crippen LogP) is 3.71. The van der Waals surface area contributed by atoms with Crippen molar-refractivity contribution in [1.82, 2.24) is 15.1 Å². The summed E-state index contributed by atoms with van der Waals surface area (Å²) in [7, 11) is 0. The van der Waals surface area contributed by atoms with Gasteiger partial charge in [0, 0.05) is 19.5 Å². The van der Waals surface area contributed by atoms with E-state index in [4.69, 9.17) is 9.47 Å². The largest absolute Gasteiger partial charge is 0.455 e. The van der Waals surface area contributed by atoms with Crippen molar-refractivity contribution in [3.8, 4) is 0 Å². The maximum Gasteiger partial charge on any atom is 0.313 e. The first kappa shape index (κ1) is 33.6. The topological polar surface area (TPSA) is 125 Å². The molecule has 3 amide bonds. The summed E-state index contributed by atoms with van der Waals surface area (Å²) >= 11 is 0. The van der Waals surface area contributed by atoms with Gasteiger partial charge in [-0.3, -0.25) is 19.2 Å². The quantitative estimate of drug-likeness (QED) is 0.344. The molecule has 10 nitrogen and oxygen atoms in total. The van der Waals surface area contributed by atoms with Gasteiger partial charge in [-0.05, 0) is 36.8 Å². The van der Waals surface area contributed by atoms with E-state index in [2.05, 4.69) is 5.32 Å². The highest BCUT2D eigenvalue weighted by Gasteiger charge is 2.72. The van der Waals surface area contributed by atoms with Crippen LogP contribution in [0, 0.1) is 17.8 Å². The van der Waals surface area contributed by atoms with Crippen molar-refractivity contribution in [2.75, 3.05) is 13.2 Å². The Morgan fingerprint density at radius 2 is 1.69 bits per heavy atom. The first-order valence-corrected chi connectivity index (χ1v) is 17.0. The molecule has 4 heterocycles. The van der Waals surface area contributed by atoms with Crippen LogP contribution < -0.4 is 5.32 Å². The minimum Gasteiger partial charge on any atom is -0.455 e. The Morgan fingerprint density at radius 3 is 2.38 bits per heavy atom. The van der Waals surface area contributed by atoms with Crippen LogP contribution >= 0.6 is 0 Å². The number of rotatable bonds is 7. The van der Waals surface area contributed by atoms with Gasteiger partial charge in [-0.25, -0.2) is 0 Å². The molecule has 4 aliphatic heterocycles. The third-order valence-corrected chi connectivity index (χ3v) is 9.93. The van der Waals surface area contributed by atoms with E-state index >= 15 is 0 Å². The molecule has 0 radical (unpaired) electrons. The highest BCUT2D eigenvalue weighted by Crippen LogP contribution is 2.54. The fourth-order valence-electron chi connectivity index (χ4n) is 7.85. The molecule has 2 aromatic rings. The number of nitrogens with one attached hydrogen (secondary N) is 1. The molecule has 10 heteroatoms. The molecule has 8 atom stereocenters. The molecule has 0 aromatic heterocycles. The van der Waals surface area contributed by atoms with E-state index in [0.29, 0.717) is 24.9 Å². The fourth-order valence-corrected chi connectivity index (χ4v) is 7.85. The van der Waals surface area contributed by atoms with Gasteiger partial charge < -0.3 is 29.7 Å². The van der Waals surface area contributed by atoms with E-state index in [1.807, 2.05) is 80.6 Å². The normalized spacial score (nSPS) is 31.9. The number of aliphatic hydroxyl groups is 1. The van der Waals surface area contributed by atoms with Gasteiger partial charge in [-0.2, -0.15) is 0 Å². The van der Waals surface area contributed by atoms with Crippen molar-refractivity contribution < 1.29 is 33.8 Å². The van der Waals surface area contributed by atoms with E-state index in [-0.39, 0.29) is 37.3 Å². The van der Waals surface area contributed by atoms with Crippen LogP contribution in [0.5, 0.6) is 0 Å². The number of amides is 3. The number of ether oxygens (including phenoxy) is 2. The third-order valence-electron chi connectivity index (χ3n) is 9.93. The van der Waals surface area contributed by atoms with Crippen molar-refractivity contribution in [1.29, 1.82) is 0 Å². The van der Waals surface area contributed by atoms with Crippen molar-refractivity contribution >= 4 is 23.7 Å². The Morgan fingerprint density at radius 1 is 0.979 bits per heavy atom. The fraction of sp³-hybridized carbons (Fsp3) is 0.474. The lowest BCUT2D eigenvalue weighted by Crippen LogP contribution is -2.58. The maximum atomic E-state index is 14.8. The third kappa shape index (κ3) is 6.31. The van der Waals surface area contributed by atoms with Crippen LogP contribution in [0.1, 0.15) is 57.3 Å². The number of hydrogen-bond donors (Lipinski definition) is 2. The molecular weight excluding hydrogens is 610 g/mol. The van der Waals surface area contributed by atoms with Gasteiger partial charge in [0.05, 0.1) is 30.7 Å². The van der Waals surface area contributed by atoms with Gasteiger partial charge in [0.2, 0.25) is 17.7 Å². The zero-order valence-electron chi connectivity index (χ0n) is 27.7. The number of carbonyl (C=O) groups is 4. The zero-order valence-corrected chi connectivity index (χ0v) is 27.7. The summed E-state index contributed by atoms with van der Waals surface area (Å²) < 4.78 is 13.1. The summed E-state index contributed by atoms with van der Waals surface area (Å²) in [5.74, 6) is -3.57. The number of nitrogens with zero attached hydrogens (tertiary/aromatic N) is 2. The van der Waals surface area contributed by atoms with Crippen LogP contribution in [-0.4, -0.2) is 81.6 Å². The van der Waals surface area contributed by atoms with Gasteiger partial charge in [0.15, 0.2) is 0 Å². The second kappa shape index (κ2) is 14.1. The molecule has 254 valence electrons. The number of cyclic esters (lactones) is 1. The molecule has 0 bridgehead atoms. The molecule has 2 fully saturated rings. The monoisotopic (exact) mass is 655 g/mol. The van der Waals surface area contributed by atoms with Crippen molar-refractivity contribution in [2.45, 2.75) is 82.5 Å². The van der Waals surface area contributed by atoms with Gasteiger partial charge >= 0.3 is 5.97 Å². The average Bonchev–Trinajstić information content (AvgIpc) is 3.47. The molecule has 1 spiro atoms. The van der Waals surface area contributed by atoms with E-state index in [9.17, 15) is 24.3 Å². The standard InChI is InChI=1S/C38H45N3O7/c1-24(2)21-28(23-42)41-34-36(45)40(22-26-13-6-4-7-14-26)20-12-19-38(34)32(35(41)44)31-29(48-38)17-10-11-18-30(43)39-25(3)33(47-37(31)46)27-15-8-5-9-16-27/h4-10,12-17,19,24-25,28-29,31-34,42H,11,18,20-23H2,1-3H3,(H,39,43)/b17-10-/t25-,28-,29-,31+,32+,33+,34-,38+/m1/s1. The van der Waals surface area contributed by atoms with Crippen LogP contribution in [0.2, 0.25) is 0 Å². The Hall–Kier alpha value is -4.28. The summed E-state index contributed by atoms with van der Waals surface area (Å²) in [4.78, 5) is 60.0. The van der Waals surface area contributed by atoms with Crippen LogP contribution in [0.25, 0.3) is 0 Å². The number of esters is 1. The number of carbonyl (C=O) groups excluding carboxylic acids is 4. The molecule has 48 heavy (non-hydrogen) atoms. The first-order chi connectivity index (χ1) is 23.1. The zero-order chi connectivity index (χ0) is 34.0. The van der Waals surface area contributed by atoms with E-state index in [1.54, 1.807) is 30.1 Å². The molecule has 2 saturated heterocycles. The smallest absolute Gasteiger partial charge is 0.313 e. The Labute approximate surface area is 281 Å². The van der Waals surface area contributed by atoms with Gasteiger partial charge in [-0.15, -0.1) is 0 Å². The average molecular weight is 656 g/mol. The van der Waals surface area contributed by atoms with E-state index in [0.717, 1.165) is 5.56 Å². The van der Waals surface area contributed by atoms with Crippen molar-refractivity contribution in [3.05, 3.63) is 96.1 Å². The number of likely N-dealkylation sites (tertiary alicyclic amines) is 1. The second-order valence-electron chi connectivity index (χ2n) is 13.8. The van der Waals surface area contributed by atoms with E-state index < -0.39 is 59.6 Å². The predicted molar refractivity (Wildman–Crippen MR) is 178 cm³/mol.